The van der Waals surface area contributed by atoms with Gasteiger partial charge in [0.15, 0.2) is 0 Å². The minimum atomic E-state index is -4.53. The zero-order valence-electron chi connectivity index (χ0n) is 11.7. The molecule has 1 heterocycles. The van der Waals surface area contributed by atoms with Crippen LogP contribution in [-0.2, 0) is 15.5 Å². The molecule has 1 N–H and O–H groups in total. The first-order chi connectivity index (χ1) is 8.92. The van der Waals surface area contributed by atoms with Crippen LogP contribution in [-0.4, -0.2) is 23.4 Å². The monoisotopic (exact) mass is 288 g/mol. The molecule has 1 aromatic carbocycles. The third-order valence-electron chi connectivity index (χ3n) is 3.79. The average Bonchev–Trinajstić information content (AvgIpc) is 2.46. The van der Waals surface area contributed by atoms with Gasteiger partial charge in [-0.2, -0.15) is 13.2 Å². The van der Waals surface area contributed by atoms with Crippen LogP contribution >= 0.6 is 0 Å². The topological polar surface area (TPSA) is 38.7 Å². The molecule has 1 aliphatic heterocycles. The van der Waals surface area contributed by atoms with Gasteiger partial charge in [0.2, 0.25) is 0 Å². The summed E-state index contributed by atoms with van der Waals surface area (Å²) in [6.45, 7) is 7.22. The number of alkyl halides is 3. The summed E-state index contributed by atoms with van der Waals surface area (Å²) in [6, 6.07) is 2.83. The van der Waals surface area contributed by atoms with E-state index in [-0.39, 0.29) is 5.46 Å². The smallest absolute Gasteiger partial charge is 0.494 e. The lowest BCUT2D eigenvalue weighted by atomic mass is 9.78. The summed E-state index contributed by atoms with van der Waals surface area (Å²) in [4.78, 5) is 0. The molecule has 110 valence electrons. The lowest BCUT2D eigenvalue weighted by Crippen LogP contribution is -2.41. The molecule has 20 heavy (non-hydrogen) atoms. The van der Waals surface area contributed by atoms with Crippen molar-refractivity contribution in [3.8, 4) is 5.75 Å². The Bertz CT molecular complexity index is 510. The van der Waals surface area contributed by atoms with Gasteiger partial charge in [-0.1, -0.05) is 0 Å². The first-order valence-corrected chi connectivity index (χ1v) is 6.19. The van der Waals surface area contributed by atoms with E-state index in [0.717, 1.165) is 6.07 Å². The maximum atomic E-state index is 12.7. The molecular formula is C13H16BF3O3. The Morgan fingerprint density at radius 3 is 1.95 bits per heavy atom. The van der Waals surface area contributed by atoms with Crippen LogP contribution in [0.5, 0.6) is 5.75 Å². The van der Waals surface area contributed by atoms with E-state index in [1.807, 2.05) is 0 Å². The van der Waals surface area contributed by atoms with Crippen molar-refractivity contribution in [2.75, 3.05) is 0 Å². The molecule has 0 aromatic heterocycles. The summed E-state index contributed by atoms with van der Waals surface area (Å²) in [5, 5.41) is 9.47. The van der Waals surface area contributed by atoms with Crippen molar-refractivity contribution in [2.45, 2.75) is 45.1 Å². The fourth-order valence-electron chi connectivity index (χ4n) is 1.91. The second-order valence-corrected chi connectivity index (χ2v) is 5.90. The summed E-state index contributed by atoms with van der Waals surface area (Å²) in [7, 11) is -0.937. The van der Waals surface area contributed by atoms with Crippen molar-refractivity contribution >= 4 is 12.6 Å². The van der Waals surface area contributed by atoms with Gasteiger partial charge in [-0.15, -0.1) is 0 Å². The van der Waals surface area contributed by atoms with Crippen LogP contribution in [0, 0.1) is 0 Å². The summed E-state index contributed by atoms with van der Waals surface area (Å²) < 4.78 is 49.6. The van der Waals surface area contributed by atoms with E-state index < -0.39 is 35.8 Å². The lowest BCUT2D eigenvalue weighted by Gasteiger charge is -2.32. The Labute approximate surface area is 115 Å². The lowest BCUT2D eigenvalue weighted by molar-refractivity contribution is -0.137. The molecule has 0 spiro atoms. The van der Waals surface area contributed by atoms with E-state index in [4.69, 9.17) is 9.31 Å². The number of phenols is 1. The molecule has 0 amide bonds. The number of aromatic hydroxyl groups is 1. The van der Waals surface area contributed by atoms with Gasteiger partial charge in [-0.3, -0.25) is 0 Å². The Kier molecular flexibility index (Phi) is 3.34. The molecule has 1 aliphatic rings. The summed E-state index contributed by atoms with van der Waals surface area (Å²) >= 11 is 0. The molecule has 1 saturated heterocycles. The fourth-order valence-corrected chi connectivity index (χ4v) is 1.91. The standard InChI is InChI=1S/C13H16BF3O3/c1-11(2)12(3,4)20-14(19-11)9-5-8(13(15,16)17)6-10(18)7-9/h5-7,18H,1-4H3. The summed E-state index contributed by atoms with van der Waals surface area (Å²) in [5.41, 5.74) is -2.08. The highest BCUT2D eigenvalue weighted by molar-refractivity contribution is 6.62. The number of hydrogen-bond acceptors (Lipinski definition) is 3. The number of rotatable bonds is 1. The van der Waals surface area contributed by atoms with Crippen molar-refractivity contribution in [2.24, 2.45) is 0 Å². The van der Waals surface area contributed by atoms with Crippen LogP contribution in [0.3, 0.4) is 0 Å². The molecule has 0 atom stereocenters. The zero-order valence-corrected chi connectivity index (χ0v) is 11.7. The number of phenolic OH excluding ortho intramolecular Hbond substituents is 1. The second kappa shape index (κ2) is 4.39. The molecule has 0 aliphatic carbocycles. The Morgan fingerprint density at radius 1 is 1.00 bits per heavy atom. The molecule has 1 aromatic rings. The van der Waals surface area contributed by atoms with Crippen molar-refractivity contribution in [3.05, 3.63) is 23.8 Å². The van der Waals surface area contributed by atoms with Gasteiger partial charge in [0.1, 0.15) is 5.75 Å². The van der Waals surface area contributed by atoms with Crippen LogP contribution in [0.2, 0.25) is 0 Å². The highest BCUT2D eigenvalue weighted by atomic mass is 19.4. The van der Waals surface area contributed by atoms with E-state index in [1.54, 1.807) is 27.7 Å². The van der Waals surface area contributed by atoms with Gasteiger partial charge in [0, 0.05) is 0 Å². The van der Waals surface area contributed by atoms with Crippen LogP contribution in [0.1, 0.15) is 33.3 Å². The predicted molar refractivity (Wildman–Crippen MR) is 68.8 cm³/mol. The molecule has 0 unspecified atom stereocenters. The van der Waals surface area contributed by atoms with Gasteiger partial charge in [0.25, 0.3) is 0 Å². The second-order valence-electron chi connectivity index (χ2n) is 5.90. The van der Waals surface area contributed by atoms with Crippen molar-refractivity contribution < 1.29 is 27.6 Å². The van der Waals surface area contributed by atoms with Crippen molar-refractivity contribution in [1.82, 2.24) is 0 Å². The largest absolute Gasteiger partial charge is 0.508 e. The van der Waals surface area contributed by atoms with Crippen LogP contribution in [0.4, 0.5) is 13.2 Å². The zero-order chi connectivity index (χ0) is 15.3. The van der Waals surface area contributed by atoms with Gasteiger partial charge in [-0.05, 0) is 51.4 Å². The first kappa shape index (κ1) is 15.2. The number of hydrogen-bond donors (Lipinski definition) is 1. The highest BCUT2D eigenvalue weighted by Crippen LogP contribution is 2.37. The molecule has 1 fully saturated rings. The minimum absolute atomic E-state index is 0.149. The van der Waals surface area contributed by atoms with Gasteiger partial charge >= 0.3 is 13.3 Å². The van der Waals surface area contributed by atoms with E-state index in [9.17, 15) is 18.3 Å². The molecule has 2 rings (SSSR count). The van der Waals surface area contributed by atoms with Crippen LogP contribution < -0.4 is 5.46 Å². The Hall–Kier alpha value is -1.21. The van der Waals surface area contributed by atoms with E-state index in [0.29, 0.717) is 6.07 Å². The molecule has 7 heteroatoms. The molecule has 3 nitrogen and oxygen atoms in total. The molecular weight excluding hydrogens is 272 g/mol. The van der Waals surface area contributed by atoms with Crippen LogP contribution in [0.25, 0.3) is 0 Å². The molecule has 0 radical (unpaired) electrons. The molecule has 0 saturated carbocycles. The van der Waals surface area contributed by atoms with Gasteiger partial charge in [-0.25, -0.2) is 0 Å². The van der Waals surface area contributed by atoms with E-state index in [2.05, 4.69) is 0 Å². The summed E-state index contributed by atoms with van der Waals surface area (Å²) in [5.74, 6) is -0.468. The quantitative estimate of drug-likeness (QED) is 0.807. The first-order valence-electron chi connectivity index (χ1n) is 6.19. The Morgan fingerprint density at radius 2 is 1.50 bits per heavy atom. The number of halogens is 3. The SMILES string of the molecule is CC1(C)OB(c2cc(O)cc(C(F)(F)F)c2)OC1(C)C. The maximum Gasteiger partial charge on any atom is 0.494 e. The third-order valence-corrected chi connectivity index (χ3v) is 3.79. The average molecular weight is 288 g/mol. The van der Waals surface area contributed by atoms with Crippen molar-refractivity contribution in [1.29, 1.82) is 0 Å². The molecule has 0 bridgehead atoms. The highest BCUT2D eigenvalue weighted by Gasteiger charge is 2.52. The van der Waals surface area contributed by atoms with Crippen molar-refractivity contribution in [3.63, 3.8) is 0 Å². The summed E-state index contributed by atoms with van der Waals surface area (Å²) in [6.07, 6.45) is -4.53. The fraction of sp³-hybridized carbons (Fsp3) is 0.538. The van der Waals surface area contributed by atoms with E-state index >= 15 is 0 Å². The predicted octanol–water partition coefficient (Wildman–Crippen LogP) is 2.71. The Balaban J connectivity index is 2.38. The van der Waals surface area contributed by atoms with Gasteiger partial charge in [0.05, 0.1) is 16.8 Å². The maximum absolute atomic E-state index is 12.7. The van der Waals surface area contributed by atoms with Crippen LogP contribution in [0.15, 0.2) is 18.2 Å². The normalized spacial score (nSPS) is 21.2. The third kappa shape index (κ3) is 2.65. The number of benzene rings is 1. The van der Waals surface area contributed by atoms with Gasteiger partial charge < -0.3 is 14.4 Å². The van der Waals surface area contributed by atoms with E-state index in [1.165, 1.54) is 6.07 Å². The minimum Gasteiger partial charge on any atom is -0.508 e.